The van der Waals surface area contributed by atoms with Crippen molar-refractivity contribution in [3.8, 4) is 0 Å². The molecule has 2 unspecified atom stereocenters. The summed E-state index contributed by atoms with van der Waals surface area (Å²) in [5.41, 5.74) is 0.698. The third kappa shape index (κ3) is 4.38. The molecule has 0 bridgehead atoms. The molecule has 0 radical (unpaired) electrons. The molecule has 0 spiro atoms. The number of hydrogen-bond acceptors (Lipinski definition) is 3. The predicted octanol–water partition coefficient (Wildman–Crippen LogP) is 3.90. The van der Waals surface area contributed by atoms with Gasteiger partial charge in [0.05, 0.1) is 0 Å². The molecule has 1 aliphatic rings. The first-order valence-electron chi connectivity index (χ1n) is 7.57. The van der Waals surface area contributed by atoms with E-state index in [4.69, 9.17) is 12.2 Å². The van der Waals surface area contributed by atoms with Gasteiger partial charge in [-0.1, -0.05) is 29.8 Å². The minimum atomic E-state index is -0.121. The molecule has 2 N–H and O–H groups in total. The van der Waals surface area contributed by atoms with Crippen LogP contribution in [0.15, 0.2) is 28.7 Å². The molecule has 1 fully saturated rings. The zero-order valence-corrected chi connectivity index (χ0v) is 15.9. The third-order valence-electron chi connectivity index (χ3n) is 4.75. The van der Waals surface area contributed by atoms with Crippen molar-refractivity contribution in [1.29, 1.82) is 0 Å². The highest BCUT2D eigenvalue weighted by atomic mass is 79.9. The molecule has 2 rings (SSSR count). The summed E-state index contributed by atoms with van der Waals surface area (Å²) in [5.74, 6) is 0.374. The molecule has 0 saturated heterocycles. The van der Waals surface area contributed by atoms with Gasteiger partial charge in [0.25, 0.3) is 0 Å². The van der Waals surface area contributed by atoms with Gasteiger partial charge in [-0.15, -0.1) is 0 Å². The lowest BCUT2D eigenvalue weighted by molar-refractivity contribution is -0.140. The summed E-state index contributed by atoms with van der Waals surface area (Å²) in [6.45, 7) is 5.73. The van der Waals surface area contributed by atoms with E-state index in [2.05, 4.69) is 40.4 Å². The van der Waals surface area contributed by atoms with Gasteiger partial charge in [-0.05, 0) is 61.2 Å². The molecule has 124 valence electrons. The molecule has 0 aromatic heterocycles. The van der Waals surface area contributed by atoms with Crippen LogP contribution in [-0.4, -0.2) is 16.8 Å². The molecular formula is C17H21BrN2O2S. The van der Waals surface area contributed by atoms with Crippen LogP contribution in [0.2, 0.25) is 0 Å². The highest BCUT2D eigenvalue weighted by Crippen LogP contribution is 2.53. The van der Waals surface area contributed by atoms with Gasteiger partial charge in [0.2, 0.25) is 5.91 Å². The molecule has 6 heteroatoms. The Hall–Kier alpha value is -1.27. The Morgan fingerprint density at radius 2 is 1.91 bits per heavy atom. The summed E-state index contributed by atoms with van der Waals surface area (Å²) < 4.78 is 0.977. The summed E-state index contributed by atoms with van der Waals surface area (Å²) in [6.07, 6.45) is 1.17. The predicted molar refractivity (Wildman–Crippen MR) is 99.2 cm³/mol. The Labute approximate surface area is 150 Å². The van der Waals surface area contributed by atoms with Gasteiger partial charge in [0.1, 0.15) is 5.78 Å². The Kier molecular flexibility index (Phi) is 5.57. The second-order valence-corrected chi connectivity index (χ2v) is 7.95. The van der Waals surface area contributed by atoms with Crippen molar-refractivity contribution in [1.82, 2.24) is 5.32 Å². The van der Waals surface area contributed by atoms with E-state index in [1.165, 1.54) is 0 Å². The highest BCUT2D eigenvalue weighted by molar-refractivity contribution is 9.10. The number of hydrogen-bond donors (Lipinski definition) is 2. The van der Waals surface area contributed by atoms with Crippen LogP contribution in [0.1, 0.15) is 33.6 Å². The molecule has 4 nitrogen and oxygen atoms in total. The van der Waals surface area contributed by atoms with Crippen LogP contribution in [0.5, 0.6) is 0 Å². The fourth-order valence-corrected chi connectivity index (χ4v) is 3.65. The second kappa shape index (κ2) is 7.09. The maximum Gasteiger partial charge on any atom is 0.226 e. The Morgan fingerprint density at radius 1 is 1.30 bits per heavy atom. The van der Waals surface area contributed by atoms with E-state index in [-0.39, 0.29) is 34.1 Å². The number of rotatable bonds is 4. The SMILES string of the molecule is CC(=O)C1CC(CC(=O)NC(=S)Nc2ccc(Br)cc2)C1(C)C. The maximum atomic E-state index is 12.1. The van der Waals surface area contributed by atoms with Crippen molar-refractivity contribution in [2.45, 2.75) is 33.6 Å². The summed E-state index contributed by atoms with van der Waals surface area (Å²) in [6, 6.07) is 7.53. The van der Waals surface area contributed by atoms with Gasteiger partial charge < -0.3 is 10.6 Å². The van der Waals surface area contributed by atoms with E-state index < -0.39 is 0 Å². The first-order chi connectivity index (χ1) is 10.7. The van der Waals surface area contributed by atoms with Crippen LogP contribution in [0.25, 0.3) is 0 Å². The average molecular weight is 397 g/mol. The second-order valence-electron chi connectivity index (χ2n) is 6.63. The normalized spacial score (nSPS) is 21.9. The fraction of sp³-hybridized carbons (Fsp3) is 0.471. The van der Waals surface area contributed by atoms with Crippen molar-refractivity contribution in [3.63, 3.8) is 0 Å². The molecule has 1 saturated carbocycles. The smallest absolute Gasteiger partial charge is 0.226 e. The van der Waals surface area contributed by atoms with E-state index in [0.29, 0.717) is 6.42 Å². The lowest BCUT2D eigenvalue weighted by atomic mass is 9.52. The lowest BCUT2D eigenvalue weighted by Crippen LogP contribution is -2.50. The first kappa shape index (κ1) is 18.1. The number of ketones is 1. The quantitative estimate of drug-likeness (QED) is 0.757. The van der Waals surface area contributed by atoms with Gasteiger partial charge in [-0.2, -0.15) is 0 Å². The summed E-state index contributed by atoms with van der Waals surface area (Å²) in [5, 5.41) is 5.98. The van der Waals surface area contributed by atoms with Crippen LogP contribution >= 0.6 is 28.1 Å². The zero-order chi connectivity index (χ0) is 17.2. The summed E-state index contributed by atoms with van der Waals surface area (Å²) >= 11 is 8.53. The minimum Gasteiger partial charge on any atom is -0.332 e. The van der Waals surface area contributed by atoms with Gasteiger partial charge in [-0.3, -0.25) is 9.59 Å². The Balaban J connectivity index is 1.82. The first-order valence-corrected chi connectivity index (χ1v) is 8.77. The van der Waals surface area contributed by atoms with Crippen molar-refractivity contribution >= 4 is 50.6 Å². The topological polar surface area (TPSA) is 58.2 Å². The largest absolute Gasteiger partial charge is 0.332 e. The molecule has 0 heterocycles. The minimum absolute atomic E-state index is 0.0631. The summed E-state index contributed by atoms with van der Waals surface area (Å²) in [7, 11) is 0. The number of benzene rings is 1. The number of anilines is 1. The molecule has 1 aromatic carbocycles. The number of carbonyl (C=O) groups is 2. The van der Waals surface area contributed by atoms with Gasteiger partial charge in [0, 0.05) is 22.5 Å². The van der Waals surface area contributed by atoms with E-state index in [1.807, 2.05) is 24.3 Å². The van der Waals surface area contributed by atoms with Crippen LogP contribution in [0, 0.1) is 17.3 Å². The average Bonchev–Trinajstić information content (AvgIpc) is 2.45. The van der Waals surface area contributed by atoms with Crippen LogP contribution in [0.3, 0.4) is 0 Å². The summed E-state index contributed by atoms with van der Waals surface area (Å²) in [4.78, 5) is 23.7. The van der Waals surface area contributed by atoms with Gasteiger partial charge in [0.15, 0.2) is 5.11 Å². The molecule has 23 heavy (non-hydrogen) atoms. The monoisotopic (exact) mass is 396 g/mol. The van der Waals surface area contributed by atoms with Gasteiger partial charge in [-0.25, -0.2) is 0 Å². The molecule has 1 aromatic rings. The lowest BCUT2D eigenvalue weighted by Gasteiger charge is -2.51. The standard InChI is InChI=1S/C17H21BrN2O2S/c1-10(21)14-8-11(17(14,2)3)9-15(22)20-16(23)19-13-6-4-12(18)5-7-13/h4-7,11,14H,8-9H2,1-3H3,(H2,19,20,22,23). The molecule has 0 aliphatic heterocycles. The van der Waals surface area contributed by atoms with E-state index in [9.17, 15) is 9.59 Å². The molecule has 1 aliphatic carbocycles. The van der Waals surface area contributed by atoms with Crippen molar-refractivity contribution in [2.24, 2.45) is 17.3 Å². The third-order valence-corrected chi connectivity index (χ3v) is 5.48. The van der Waals surface area contributed by atoms with E-state index in [1.54, 1.807) is 6.92 Å². The molecule has 2 atom stereocenters. The van der Waals surface area contributed by atoms with E-state index in [0.717, 1.165) is 16.6 Å². The Morgan fingerprint density at radius 3 is 2.43 bits per heavy atom. The number of Topliss-reactive ketones (excluding diaryl/α,β-unsaturated/α-hetero) is 1. The van der Waals surface area contributed by atoms with Gasteiger partial charge >= 0.3 is 0 Å². The number of amides is 1. The zero-order valence-electron chi connectivity index (χ0n) is 13.5. The molecule has 1 amide bonds. The number of thiocarbonyl (C=S) groups is 1. The number of halogens is 1. The fourth-order valence-electron chi connectivity index (χ4n) is 3.15. The maximum absolute atomic E-state index is 12.1. The van der Waals surface area contributed by atoms with Crippen molar-refractivity contribution in [3.05, 3.63) is 28.7 Å². The van der Waals surface area contributed by atoms with Crippen molar-refractivity contribution in [2.75, 3.05) is 5.32 Å². The van der Waals surface area contributed by atoms with Crippen LogP contribution in [0.4, 0.5) is 5.69 Å². The number of nitrogens with one attached hydrogen (secondary N) is 2. The highest BCUT2D eigenvalue weighted by Gasteiger charge is 2.50. The van der Waals surface area contributed by atoms with Crippen molar-refractivity contribution < 1.29 is 9.59 Å². The number of carbonyl (C=O) groups excluding carboxylic acids is 2. The Bertz CT molecular complexity index is 628. The van der Waals surface area contributed by atoms with E-state index >= 15 is 0 Å². The molecular weight excluding hydrogens is 376 g/mol. The van der Waals surface area contributed by atoms with Crippen LogP contribution in [-0.2, 0) is 9.59 Å². The van der Waals surface area contributed by atoms with Crippen LogP contribution < -0.4 is 10.6 Å².